The van der Waals surface area contributed by atoms with Crippen molar-refractivity contribution < 1.29 is 9.59 Å². The van der Waals surface area contributed by atoms with E-state index in [-0.39, 0.29) is 11.9 Å². The fraction of sp³-hybridized carbons (Fsp3) is 0.778. The number of amides is 3. The second-order valence-electron chi connectivity index (χ2n) is 3.24. The molecule has 82 valence electrons. The Labute approximate surface area is 89.6 Å². The van der Waals surface area contributed by atoms with Gasteiger partial charge < -0.3 is 4.90 Å². The molecule has 0 aromatic heterocycles. The Morgan fingerprint density at radius 3 is 2.50 bits per heavy atom. The van der Waals surface area contributed by atoms with Gasteiger partial charge in [0.15, 0.2) is 0 Å². The molecule has 0 aromatic carbocycles. The molecule has 1 N–H and O–H groups in total. The number of hydrogen-bond donors (Lipinski definition) is 1. The molecule has 0 rings (SSSR count). The molecule has 0 fully saturated rings. The van der Waals surface area contributed by atoms with Gasteiger partial charge in [0.2, 0.25) is 5.91 Å². The molecule has 3 amide bonds. The highest BCUT2D eigenvalue weighted by Gasteiger charge is 2.16. The molecule has 0 aliphatic heterocycles. The number of hydrogen-bond acceptors (Lipinski definition) is 2. The van der Waals surface area contributed by atoms with Crippen molar-refractivity contribution in [3.05, 3.63) is 0 Å². The van der Waals surface area contributed by atoms with Gasteiger partial charge in [-0.25, -0.2) is 4.79 Å². The molecule has 0 aromatic rings. The molecule has 4 nitrogen and oxygen atoms in total. The summed E-state index contributed by atoms with van der Waals surface area (Å²) in [4.78, 5) is 23.7. The third kappa shape index (κ3) is 4.46. The van der Waals surface area contributed by atoms with E-state index in [1.165, 1.54) is 4.90 Å². The molecule has 0 bridgehead atoms. The van der Waals surface area contributed by atoms with Gasteiger partial charge in [0.1, 0.15) is 5.88 Å². The monoisotopic (exact) mass is 220 g/mol. The van der Waals surface area contributed by atoms with Crippen molar-refractivity contribution in [2.24, 2.45) is 0 Å². The van der Waals surface area contributed by atoms with Gasteiger partial charge in [-0.1, -0.05) is 13.3 Å². The third-order valence-electron chi connectivity index (χ3n) is 2.06. The molecule has 0 aliphatic carbocycles. The predicted molar refractivity (Wildman–Crippen MR) is 56.4 cm³/mol. The fourth-order valence-electron chi connectivity index (χ4n) is 1.05. The zero-order valence-corrected chi connectivity index (χ0v) is 9.60. The number of urea groups is 1. The first kappa shape index (κ1) is 13.2. The number of carbonyl (C=O) groups excluding carboxylic acids is 2. The zero-order valence-electron chi connectivity index (χ0n) is 8.84. The number of imide groups is 1. The lowest BCUT2D eigenvalue weighted by Crippen LogP contribution is -2.45. The highest BCUT2D eigenvalue weighted by atomic mass is 35.5. The van der Waals surface area contributed by atoms with Crippen LogP contribution in [0.2, 0.25) is 0 Å². The normalized spacial score (nSPS) is 12.0. The molecule has 0 spiro atoms. The van der Waals surface area contributed by atoms with Crippen LogP contribution in [0.5, 0.6) is 0 Å². The summed E-state index contributed by atoms with van der Waals surface area (Å²) in [6, 6.07) is -0.264. The predicted octanol–water partition coefficient (Wildman–Crippen LogP) is 1.58. The Morgan fingerprint density at radius 2 is 2.07 bits per heavy atom. The Hall–Kier alpha value is -0.770. The molecule has 1 atom stereocenters. The number of halogens is 1. The minimum atomic E-state index is -0.466. The van der Waals surface area contributed by atoms with Crippen molar-refractivity contribution in [1.82, 2.24) is 10.2 Å². The van der Waals surface area contributed by atoms with Crippen LogP contribution < -0.4 is 5.32 Å². The van der Waals surface area contributed by atoms with Crippen molar-refractivity contribution in [2.45, 2.75) is 32.7 Å². The van der Waals surface area contributed by atoms with Crippen LogP contribution in [0.1, 0.15) is 26.7 Å². The fourth-order valence-corrected chi connectivity index (χ4v) is 1.12. The van der Waals surface area contributed by atoms with Gasteiger partial charge >= 0.3 is 6.03 Å². The van der Waals surface area contributed by atoms with Gasteiger partial charge in [0, 0.05) is 13.1 Å². The quantitative estimate of drug-likeness (QED) is 0.732. The van der Waals surface area contributed by atoms with Crippen LogP contribution in [0.3, 0.4) is 0 Å². The first-order valence-corrected chi connectivity index (χ1v) is 5.19. The summed E-state index contributed by atoms with van der Waals surface area (Å²) >= 11 is 5.26. The van der Waals surface area contributed by atoms with Crippen molar-refractivity contribution in [3.8, 4) is 0 Å². The molecular formula is C9H17ClN2O2. The van der Waals surface area contributed by atoms with Crippen molar-refractivity contribution in [2.75, 3.05) is 12.9 Å². The van der Waals surface area contributed by atoms with Gasteiger partial charge in [-0.3, -0.25) is 10.1 Å². The van der Waals surface area contributed by atoms with Crippen LogP contribution in [0, 0.1) is 0 Å². The van der Waals surface area contributed by atoms with Crippen LogP contribution in [0.15, 0.2) is 0 Å². The minimum absolute atomic E-state index is 0.128. The van der Waals surface area contributed by atoms with Crippen molar-refractivity contribution >= 4 is 23.5 Å². The lowest BCUT2D eigenvalue weighted by molar-refractivity contribution is -0.117. The zero-order chi connectivity index (χ0) is 11.1. The van der Waals surface area contributed by atoms with Crippen LogP contribution in [0.25, 0.3) is 0 Å². The Balaban J connectivity index is 4.04. The number of nitrogens with zero attached hydrogens (tertiary/aromatic N) is 1. The second kappa shape index (κ2) is 6.65. The third-order valence-corrected chi connectivity index (χ3v) is 2.30. The molecule has 0 saturated heterocycles. The topological polar surface area (TPSA) is 49.4 Å². The summed E-state index contributed by atoms with van der Waals surface area (Å²) in [6.45, 7) is 3.99. The molecule has 0 radical (unpaired) electrons. The van der Waals surface area contributed by atoms with E-state index >= 15 is 0 Å². The largest absolute Gasteiger partial charge is 0.325 e. The lowest BCUT2D eigenvalue weighted by atomic mass is 10.2. The van der Waals surface area contributed by atoms with Gasteiger partial charge in [0.25, 0.3) is 0 Å². The standard InChI is InChI=1S/C9H17ClN2O2/c1-4-5-7(2)12(3)9(14)11-8(13)6-10/h7H,4-6H2,1-3H3,(H,11,13,14). The second-order valence-corrected chi connectivity index (χ2v) is 3.50. The smallest absolute Gasteiger partial charge is 0.324 e. The first-order valence-electron chi connectivity index (χ1n) is 4.65. The van der Waals surface area contributed by atoms with E-state index in [0.717, 1.165) is 12.8 Å². The Kier molecular flexibility index (Phi) is 6.28. The van der Waals surface area contributed by atoms with E-state index < -0.39 is 11.9 Å². The number of rotatable bonds is 4. The van der Waals surface area contributed by atoms with Gasteiger partial charge in [0.05, 0.1) is 0 Å². The van der Waals surface area contributed by atoms with Crippen LogP contribution in [0.4, 0.5) is 4.79 Å². The number of alkyl halides is 1. The van der Waals surface area contributed by atoms with Crippen molar-refractivity contribution in [1.29, 1.82) is 0 Å². The summed E-state index contributed by atoms with van der Waals surface area (Å²) in [5.41, 5.74) is 0. The molecular weight excluding hydrogens is 204 g/mol. The molecule has 0 heterocycles. The van der Waals surface area contributed by atoms with Gasteiger partial charge in [-0.2, -0.15) is 0 Å². The number of nitrogens with one attached hydrogen (secondary N) is 1. The van der Waals surface area contributed by atoms with E-state index in [4.69, 9.17) is 11.6 Å². The van der Waals surface area contributed by atoms with Gasteiger partial charge in [-0.05, 0) is 13.3 Å². The maximum atomic E-state index is 11.4. The maximum Gasteiger partial charge on any atom is 0.324 e. The van der Waals surface area contributed by atoms with Crippen LogP contribution >= 0.6 is 11.6 Å². The lowest BCUT2D eigenvalue weighted by Gasteiger charge is -2.24. The number of carbonyl (C=O) groups is 2. The molecule has 1 unspecified atom stereocenters. The summed E-state index contributed by atoms with van der Waals surface area (Å²) in [5, 5.41) is 2.18. The molecule has 5 heteroatoms. The SMILES string of the molecule is CCCC(C)N(C)C(=O)NC(=O)CCl. The molecule has 0 aliphatic rings. The van der Waals surface area contributed by atoms with E-state index in [1.54, 1.807) is 7.05 Å². The highest BCUT2D eigenvalue weighted by Crippen LogP contribution is 2.03. The summed E-state index contributed by atoms with van der Waals surface area (Å²) < 4.78 is 0. The molecule has 0 saturated carbocycles. The van der Waals surface area contributed by atoms with Gasteiger partial charge in [-0.15, -0.1) is 11.6 Å². The van der Waals surface area contributed by atoms with Crippen LogP contribution in [-0.4, -0.2) is 35.8 Å². The summed E-state index contributed by atoms with van der Waals surface area (Å²) in [6.07, 6.45) is 1.92. The van der Waals surface area contributed by atoms with Crippen molar-refractivity contribution in [3.63, 3.8) is 0 Å². The molecule has 14 heavy (non-hydrogen) atoms. The van der Waals surface area contributed by atoms with E-state index in [2.05, 4.69) is 5.32 Å². The Morgan fingerprint density at radius 1 is 1.50 bits per heavy atom. The summed E-state index contributed by atoms with van der Waals surface area (Å²) in [5.74, 6) is -0.658. The summed E-state index contributed by atoms with van der Waals surface area (Å²) in [7, 11) is 1.66. The average Bonchev–Trinajstić information content (AvgIpc) is 2.16. The van der Waals surface area contributed by atoms with E-state index in [0.29, 0.717) is 0 Å². The maximum absolute atomic E-state index is 11.4. The first-order chi connectivity index (χ1) is 6.52. The highest BCUT2D eigenvalue weighted by molar-refractivity contribution is 6.28. The average molecular weight is 221 g/mol. The van der Waals surface area contributed by atoms with Crippen LogP contribution in [-0.2, 0) is 4.79 Å². The van der Waals surface area contributed by atoms with E-state index in [1.807, 2.05) is 13.8 Å². The minimum Gasteiger partial charge on any atom is -0.325 e. The Bertz CT molecular complexity index is 209. The van der Waals surface area contributed by atoms with E-state index in [9.17, 15) is 9.59 Å².